The fraction of sp³-hybridized carbons (Fsp3) is 0.360. The highest BCUT2D eigenvalue weighted by Crippen LogP contribution is 2.37. The summed E-state index contributed by atoms with van der Waals surface area (Å²) in [5.74, 6) is -1.60. The summed E-state index contributed by atoms with van der Waals surface area (Å²) < 4.78 is 5.11. The molecule has 1 aliphatic carbocycles. The second kappa shape index (κ2) is 10.9. The number of hydrogen-bond donors (Lipinski definition) is 0. The van der Waals surface area contributed by atoms with E-state index in [1.165, 1.54) is 66.6 Å². The lowest BCUT2D eigenvalue weighted by atomic mass is 10.0. The molecule has 1 saturated carbocycles. The highest BCUT2D eigenvalue weighted by molar-refractivity contribution is 8.01. The number of nitrogens with zero attached hydrogens (tertiary/aromatic N) is 1. The molecular formula is C25H23Cl2NO5S. The van der Waals surface area contributed by atoms with Crippen LogP contribution < -0.4 is 4.90 Å². The number of carbonyl (C=O) groups excluding carboxylic acids is 4. The van der Waals surface area contributed by atoms with E-state index in [0.717, 1.165) is 12.8 Å². The Hall–Kier alpha value is -2.35. The van der Waals surface area contributed by atoms with E-state index in [-0.39, 0.29) is 39.6 Å². The number of amides is 2. The molecule has 0 spiro atoms. The number of carbonyl (C=O) groups is 4. The van der Waals surface area contributed by atoms with Crippen molar-refractivity contribution in [3.05, 3.63) is 63.6 Å². The second-order valence-corrected chi connectivity index (χ2v) is 10.7. The number of halogens is 2. The molecule has 2 aromatic carbocycles. The van der Waals surface area contributed by atoms with Gasteiger partial charge in [0.2, 0.25) is 17.6 Å². The monoisotopic (exact) mass is 519 g/mol. The molecule has 1 unspecified atom stereocenters. The van der Waals surface area contributed by atoms with E-state index in [1.54, 1.807) is 11.8 Å². The van der Waals surface area contributed by atoms with Crippen LogP contribution in [0.15, 0.2) is 42.5 Å². The van der Waals surface area contributed by atoms with Crippen LogP contribution in [0.5, 0.6) is 0 Å². The van der Waals surface area contributed by atoms with E-state index < -0.39 is 18.4 Å². The van der Waals surface area contributed by atoms with Crippen molar-refractivity contribution >= 4 is 64.2 Å². The number of esters is 1. The molecule has 2 fully saturated rings. The zero-order chi connectivity index (χ0) is 24.2. The Morgan fingerprint density at radius 2 is 1.71 bits per heavy atom. The average molecular weight is 520 g/mol. The van der Waals surface area contributed by atoms with Crippen molar-refractivity contribution in [3.8, 4) is 0 Å². The molecule has 1 saturated heterocycles. The molecular weight excluding hydrogens is 497 g/mol. The molecule has 9 heteroatoms. The third-order valence-corrected chi connectivity index (χ3v) is 8.04. The SMILES string of the molecule is O=C(OCC(=O)c1ccc(Cl)cc1Cl)c1ccc(N2C(=O)CC(SC3CCCCC3)C2=O)cc1. The lowest BCUT2D eigenvalue weighted by Crippen LogP contribution is -2.31. The van der Waals surface area contributed by atoms with Gasteiger partial charge in [0.1, 0.15) is 0 Å². The Bertz CT molecular complexity index is 1110. The maximum absolute atomic E-state index is 12.9. The van der Waals surface area contributed by atoms with Crippen LogP contribution in [0.4, 0.5) is 5.69 Å². The Labute approximate surface area is 211 Å². The van der Waals surface area contributed by atoms with Crippen molar-refractivity contribution in [1.29, 1.82) is 0 Å². The number of thioether (sulfide) groups is 1. The second-order valence-electron chi connectivity index (χ2n) is 8.33. The molecule has 2 aliphatic rings. The van der Waals surface area contributed by atoms with Crippen LogP contribution in [0.1, 0.15) is 59.2 Å². The standard InChI is InChI=1S/C25H23Cl2NO5S/c26-16-8-11-19(20(27)12-16)21(29)14-33-25(32)15-6-9-17(10-7-15)28-23(30)13-22(24(28)31)34-18-4-2-1-3-5-18/h6-12,18,22H,1-5,13-14H2. The summed E-state index contributed by atoms with van der Waals surface area (Å²) in [4.78, 5) is 51.3. The lowest BCUT2D eigenvalue weighted by molar-refractivity contribution is -0.121. The van der Waals surface area contributed by atoms with Crippen molar-refractivity contribution in [2.45, 2.75) is 49.0 Å². The first-order valence-corrected chi connectivity index (χ1v) is 12.8. The normalized spacial score (nSPS) is 18.9. The highest BCUT2D eigenvalue weighted by Gasteiger charge is 2.41. The predicted octanol–water partition coefficient (Wildman–Crippen LogP) is 5.73. The van der Waals surface area contributed by atoms with E-state index in [4.69, 9.17) is 27.9 Å². The number of Topliss-reactive ketones (excluding diaryl/α,β-unsaturated/α-hetero) is 1. The highest BCUT2D eigenvalue weighted by atomic mass is 35.5. The van der Waals surface area contributed by atoms with Crippen molar-refractivity contribution in [1.82, 2.24) is 0 Å². The average Bonchev–Trinajstić information content (AvgIpc) is 3.10. The number of imide groups is 1. The molecule has 0 aromatic heterocycles. The number of anilines is 1. The summed E-state index contributed by atoms with van der Waals surface area (Å²) in [6.07, 6.45) is 5.95. The van der Waals surface area contributed by atoms with E-state index in [0.29, 0.717) is 16.0 Å². The smallest absolute Gasteiger partial charge is 0.338 e. The van der Waals surface area contributed by atoms with Gasteiger partial charge in [-0.15, -0.1) is 11.8 Å². The van der Waals surface area contributed by atoms with Crippen LogP contribution in [-0.4, -0.2) is 40.7 Å². The third-order valence-electron chi connectivity index (χ3n) is 5.94. The van der Waals surface area contributed by atoms with Crippen molar-refractivity contribution in [2.75, 3.05) is 11.5 Å². The Balaban J connectivity index is 1.35. The summed E-state index contributed by atoms with van der Waals surface area (Å²) in [5.41, 5.74) is 0.828. The fourth-order valence-corrected chi connectivity index (χ4v) is 6.21. The molecule has 4 rings (SSSR count). The zero-order valence-electron chi connectivity index (χ0n) is 18.3. The van der Waals surface area contributed by atoms with Crippen LogP contribution in [-0.2, 0) is 14.3 Å². The molecule has 0 N–H and O–H groups in total. The van der Waals surface area contributed by atoms with Gasteiger partial charge in [-0.1, -0.05) is 42.5 Å². The topological polar surface area (TPSA) is 80.8 Å². The molecule has 2 aromatic rings. The number of benzene rings is 2. The van der Waals surface area contributed by atoms with Gasteiger partial charge in [-0.3, -0.25) is 14.4 Å². The molecule has 1 aliphatic heterocycles. The maximum Gasteiger partial charge on any atom is 0.338 e. The molecule has 2 amide bonds. The molecule has 178 valence electrons. The fourth-order valence-electron chi connectivity index (χ4n) is 4.17. The summed E-state index contributed by atoms with van der Waals surface area (Å²) in [6, 6.07) is 10.5. The van der Waals surface area contributed by atoms with Crippen molar-refractivity contribution in [3.63, 3.8) is 0 Å². The van der Waals surface area contributed by atoms with E-state index in [1.807, 2.05) is 0 Å². The first kappa shape index (κ1) is 24.8. The summed E-state index contributed by atoms with van der Waals surface area (Å²) in [6.45, 7) is -0.481. The van der Waals surface area contributed by atoms with E-state index in [9.17, 15) is 19.2 Å². The van der Waals surface area contributed by atoms with Gasteiger partial charge in [0.15, 0.2) is 6.61 Å². The number of hydrogen-bond acceptors (Lipinski definition) is 6. The van der Waals surface area contributed by atoms with Crippen molar-refractivity contribution in [2.24, 2.45) is 0 Å². The van der Waals surface area contributed by atoms with E-state index >= 15 is 0 Å². The Morgan fingerprint density at radius 3 is 2.38 bits per heavy atom. The van der Waals surface area contributed by atoms with Gasteiger partial charge in [0.05, 0.1) is 21.5 Å². The molecule has 0 bridgehead atoms. The number of ether oxygens (including phenoxy) is 1. The Morgan fingerprint density at radius 1 is 1.00 bits per heavy atom. The molecule has 1 heterocycles. The van der Waals surface area contributed by atoms with Gasteiger partial charge >= 0.3 is 5.97 Å². The Kier molecular flexibility index (Phi) is 7.96. The zero-order valence-corrected chi connectivity index (χ0v) is 20.6. The van der Waals surface area contributed by atoms with Gasteiger partial charge in [0, 0.05) is 22.3 Å². The van der Waals surface area contributed by atoms with Crippen LogP contribution in [0.2, 0.25) is 10.0 Å². The first-order valence-electron chi connectivity index (χ1n) is 11.1. The van der Waals surface area contributed by atoms with E-state index in [2.05, 4.69) is 0 Å². The number of rotatable bonds is 7. The third kappa shape index (κ3) is 5.65. The summed E-state index contributed by atoms with van der Waals surface area (Å²) in [5, 5.41) is 0.648. The van der Waals surface area contributed by atoms with Crippen LogP contribution in [0, 0.1) is 0 Å². The largest absolute Gasteiger partial charge is 0.454 e. The summed E-state index contributed by atoms with van der Waals surface area (Å²) >= 11 is 13.5. The minimum absolute atomic E-state index is 0.179. The van der Waals surface area contributed by atoms with Gasteiger partial charge in [-0.05, 0) is 55.3 Å². The molecule has 34 heavy (non-hydrogen) atoms. The van der Waals surface area contributed by atoms with Gasteiger partial charge < -0.3 is 4.74 Å². The summed E-state index contributed by atoms with van der Waals surface area (Å²) in [7, 11) is 0. The lowest BCUT2D eigenvalue weighted by Gasteiger charge is -2.23. The minimum Gasteiger partial charge on any atom is -0.454 e. The molecule has 0 radical (unpaired) electrons. The van der Waals surface area contributed by atoms with Gasteiger partial charge in [-0.2, -0.15) is 0 Å². The van der Waals surface area contributed by atoms with Crippen LogP contribution >= 0.6 is 35.0 Å². The van der Waals surface area contributed by atoms with Crippen LogP contribution in [0.25, 0.3) is 0 Å². The van der Waals surface area contributed by atoms with Crippen LogP contribution in [0.3, 0.4) is 0 Å². The molecule has 1 atom stereocenters. The first-order chi connectivity index (χ1) is 16.3. The van der Waals surface area contributed by atoms with Gasteiger partial charge in [0.25, 0.3) is 0 Å². The number of ketones is 1. The minimum atomic E-state index is -0.699. The molecule has 6 nitrogen and oxygen atoms in total. The maximum atomic E-state index is 12.9. The predicted molar refractivity (Wildman–Crippen MR) is 133 cm³/mol. The van der Waals surface area contributed by atoms with Gasteiger partial charge in [-0.25, -0.2) is 9.69 Å². The quantitative estimate of drug-likeness (QED) is 0.264. The van der Waals surface area contributed by atoms with Crippen molar-refractivity contribution < 1.29 is 23.9 Å².